The molecule has 1 spiro atoms. The average molecular weight is 137 g/mol. The van der Waals surface area contributed by atoms with Gasteiger partial charge in [-0.1, -0.05) is 6.42 Å². The van der Waals surface area contributed by atoms with Crippen molar-refractivity contribution < 1.29 is 0 Å². The molecule has 3 aliphatic carbocycles. The summed E-state index contributed by atoms with van der Waals surface area (Å²) in [5.74, 6) is 0.953. The molecule has 3 aliphatic rings. The van der Waals surface area contributed by atoms with E-state index >= 15 is 0 Å². The standard InChI is InChI=1S/C9H15N/c10-9-5-2-7(9)8(6-9)3-1-4-8/h7H,1-6,10H2. The Labute approximate surface area is 62.0 Å². The van der Waals surface area contributed by atoms with Crippen LogP contribution in [0, 0.1) is 11.3 Å². The molecule has 2 atom stereocenters. The monoisotopic (exact) mass is 137 g/mol. The van der Waals surface area contributed by atoms with Gasteiger partial charge in [-0.2, -0.15) is 0 Å². The summed E-state index contributed by atoms with van der Waals surface area (Å²) in [7, 11) is 0. The van der Waals surface area contributed by atoms with E-state index in [0.29, 0.717) is 5.54 Å². The van der Waals surface area contributed by atoms with Gasteiger partial charge in [-0.05, 0) is 43.4 Å². The van der Waals surface area contributed by atoms with Gasteiger partial charge >= 0.3 is 0 Å². The Morgan fingerprint density at radius 1 is 1.20 bits per heavy atom. The van der Waals surface area contributed by atoms with E-state index in [2.05, 4.69) is 0 Å². The molecule has 0 aromatic rings. The number of rotatable bonds is 0. The summed E-state index contributed by atoms with van der Waals surface area (Å²) >= 11 is 0. The van der Waals surface area contributed by atoms with Crippen molar-refractivity contribution in [2.24, 2.45) is 17.1 Å². The minimum absolute atomic E-state index is 0.348. The zero-order valence-corrected chi connectivity index (χ0v) is 6.40. The lowest BCUT2D eigenvalue weighted by molar-refractivity contribution is -0.181. The third-order valence-corrected chi connectivity index (χ3v) is 4.36. The molecule has 2 N–H and O–H groups in total. The molecular formula is C9H15N. The molecule has 1 heteroatoms. The molecule has 2 unspecified atom stereocenters. The second-order valence-electron chi connectivity index (χ2n) is 4.72. The van der Waals surface area contributed by atoms with Crippen molar-refractivity contribution >= 4 is 0 Å². The Hall–Kier alpha value is -0.0400. The molecule has 3 saturated carbocycles. The van der Waals surface area contributed by atoms with Crippen LogP contribution in [0.4, 0.5) is 0 Å². The Balaban J connectivity index is 1.84. The predicted molar refractivity (Wildman–Crippen MR) is 40.5 cm³/mol. The highest BCUT2D eigenvalue weighted by atomic mass is 14.9. The summed E-state index contributed by atoms with van der Waals surface area (Å²) < 4.78 is 0. The smallest absolute Gasteiger partial charge is 0.0193 e. The normalized spacial score (nSPS) is 54.3. The van der Waals surface area contributed by atoms with Gasteiger partial charge in [0.1, 0.15) is 0 Å². The van der Waals surface area contributed by atoms with E-state index in [-0.39, 0.29) is 0 Å². The first-order valence-corrected chi connectivity index (χ1v) is 4.54. The lowest BCUT2D eigenvalue weighted by atomic mass is 9.35. The fourth-order valence-electron chi connectivity index (χ4n) is 3.59. The van der Waals surface area contributed by atoms with Crippen molar-refractivity contribution in [2.45, 2.75) is 44.1 Å². The van der Waals surface area contributed by atoms with Crippen LogP contribution in [0.2, 0.25) is 0 Å². The number of hydrogen-bond acceptors (Lipinski definition) is 1. The zero-order valence-electron chi connectivity index (χ0n) is 6.40. The number of nitrogens with two attached hydrogens (primary N) is 1. The third-order valence-electron chi connectivity index (χ3n) is 4.36. The van der Waals surface area contributed by atoms with Crippen LogP contribution in [0.15, 0.2) is 0 Å². The molecule has 1 nitrogen and oxygen atoms in total. The molecule has 0 aromatic heterocycles. The molecule has 0 amide bonds. The van der Waals surface area contributed by atoms with E-state index in [1.54, 1.807) is 0 Å². The highest BCUT2D eigenvalue weighted by molar-refractivity contribution is 5.21. The Morgan fingerprint density at radius 3 is 2.10 bits per heavy atom. The fraction of sp³-hybridized carbons (Fsp3) is 1.00. The molecule has 3 rings (SSSR count). The van der Waals surface area contributed by atoms with Gasteiger partial charge in [-0.25, -0.2) is 0 Å². The molecule has 0 aliphatic heterocycles. The largest absolute Gasteiger partial charge is 0.325 e. The highest BCUT2D eigenvalue weighted by Gasteiger charge is 2.67. The van der Waals surface area contributed by atoms with Gasteiger partial charge in [0.15, 0.2) is 0 Å². The highest BCUT2D eigenvalue weighted by Crippen LogP contribution is 2.70. The van der Waals surface area contributed by atoms with Crippen molar-refractivity contribution in [3.63, 3.8) is 0 Å². The van der Waals surface area contributed by atoms with E-state index in [1.165, 1.54) is 38.5 Å². The van der Waals surface area contributed by atoms with Gasteiger partial charge in [0.05, 0.1) is 0 Å². The van der Waals surface area contributed by atoms with Crippen molar-refractivity contribution in [3.8, 4) is 0 Å². The van der Waals surface area contributed by atoms with Crippen LogP contribution in [0.3, 0.4) is 0 Å². The topological polar surface area (TPSA) is 26.0 Å². The Bertz CT molecular complexity index is 183. The first-order chi connectivity index (χ1) is 4.75. The molecule has 0 radical (unpaired) electrons. The summed E-state index contributed by atoms with van der Waals surface area (Å²) in [6.07, 6.45) is 8.60. The first-order valence-electron chi connectivity index (χ1n) is 4.54. The molecule has 0 bridgehead atoms. The number of hydrogen-bond donors (Lipinski definition) is 1. The second kappa shape index (κ2) is 1.29. The molecule has 0 saturated heterocycles. The van der Waals surface area contributed by atoms with Crippen molar-refractivity contribution in [2.75, 3.05) is 0 Å². The summed E-state index contributed by atoms with van der Waals surface area (Å²) in [6, 6.07) is 0. The molecule has 0 aromatic carbocycles. The summed E-state index contributed by atoms with van der Waals surface area (Å²) in [6.45, 7) is 0. The third kappa shape index (κ3) is 0.378. The van der Waals surface area contributed by atoms with E-state index in [0.717, 1.165) is 11.3 Å². The first kappa shape index (κ1) is 5.59. The maximum atomic E-state index is 6.14. The van der Waals surface area contributed by atoms with Gasteiger partial charge in [0.2, 0.25) is 0 Å². The van der Waals surface area contributed by atoms with Crippen LogP contribution in [0.1, 0.15) is 38.5 Å². The van der Waals surface area contributed by atoms with E-state index in [4.69, 9.17) is 5.73 Å². The molecule has 0 heterocycles. The molecule has 10 heavy (non-hydrogen) atoms. The van der Waals surface area contributed by atoms with Crippen LogP contribution in [-0.4, -0.2) is 5.54 Å². The quantitative estimate of drug-likeness (QED) is 0.540. The van der Waals surface area contributed by atoms with Crippen LogP contribution < -0.4 is 5.73 Å². The van der Waals surface area contributed by atoms with Crippen LogP contribution in [-0.2, 0) is 0 Å². The van der Waals surface area contributed by atoms with Gasteiger partial charge in [0, 0.05) is 5.54 Å². The maximum Gasteiger partial charge on any atom is 0.0193 e. The van der Waals surface area contributed by atoms with E-state index in [9.17, 15) is 0 Å². The predicted octanol–water partition coefficient (Wildman–Crippen LogP) is 1.67. The number of fused-ring (bicyclic) bond motifs is 2. The summed E-state index contributed by atoms with van der Waals surface area (Å²) in [5, 5.41) is 0. The Kier molecular flexibility index (Phi) is 0.722. The fourth-order valence-corrected chi connectivity index (χ4v) is 3.59. The molecular weight excluding hydrogens is 122 g/mol. The lowest BCUT2D eigenvalue weighted by Gasteiger charge is -2.72. The lowest BCUT2D eigenvalue weighted by Crippen LogP contribution is -2.74. The van der Waals surface area contributed by atoms with E-state index < -0.39 is 0 Å². The summed E-state index contributed by atoms with van der Waals surface area (Å²) in [4.78, 5) is 0. The van der Waals surface area contributed by atoms with Gasteiger partial charge in [0.25, 0.3) is 0 Å². The zero-order chi connectivity index (χ0) is 6.82. The average Bonchev–Trinajstić information content (AvgIpc) is 1.81. The van der Waals surface area contributed by atoms with Crippen molar-refractivity contribution in [1.82, 2.24) is 0 Å². The van der Waals surface area contributed by atoms with Crippen LogP contribution in [0.5, 0.6) is 0 Å². The molecule has 56 valence electrons. The van der Waals surface area contributed by atoms with Crippen LogP contribution >= 0.6 is 0 Å². The molecule has 3 fully saturated rings. The van der Waals surface area contributed by atoms with Gasteiger partial charge in [-0.15, -0.1) is 0 Å². The second-order valence-corrected chi connectivity index (χ2v) is 4.72. The minimum Gasteiger partial charge on any atom is -0.325 e. The minimum atomic E-state index is 0.348. The Morgan fingerprint density at radius 2 is 2.00 bits per heavy atom. The van der Waals surface area contributed by atoms with Crippen molar-refractivity contribution in [3.05, 3.63) is 0 Å². The SMILES string of the molecule is NC12CCC1C1(CCC1)C2. The van der Waals surface area contributed by atoms with Crippen LogP contribution in [0.25, 0.3) is 0 Å². The summed E-state index contributed by atoms with van der Waals surface area (Å²) in [5.41, 5.74) is 7.28. The van der Waals surface area contributed by atoms with E-state index in [1.807, 2.05) is 0 Å². The van der Waals surface area contributed by atoms with Crippen molar-refractivity contribution in [1.29, 1.82) is 0 Å². The van der Waals surface area contributed by atoms with Gasteiger partial charge in [-0.3, -0.25) is 0 Å². The van der Waals surface area contributed by atoms with Gasteiger partial charge < -0.3 is 5.73 Å². The maximum absolute atomic E-state index is 6.14.